The lowest BCUT2D eigenvalue weighted by Gasteiger charge is -2.26. The number of carbonyl (C=O) groups is 2. The predicted molar refractivity (Wildman–Crippen MR) is 139 cm³/mol. The molecule has 1 aliphatic rings. The molecule has 1 heterocycles. The molecule has 3 aromatic carbocycles. The van der Waals surface area contributed by atoms with E-state index in [9.17, 15) is 9.59 Å². The van der Waals surface area contributed by atoms with Crippen LogP contribution in [0.3, 0.4) is 0 Å². The third-order valence-corrected chi connectivity index (χ3v) is 6.29. The van der Waals surface area contributed by atoms with E-state index in [1.54, 1.807) is 25.5 Å². The van der Waals surface area contributed by atoms with Gasteiger partial charge in [0, 0.05) is 24.9 Å². The van der Waals surface area contributed by atoms with Gasteiger partial charge < -0.3 is 19.5 Å². The lowest BCUT2D eigenvalue weighted by atomic mass is 10.1. The third kappa shape index (κ3) is 6.23. The van der Waals surface area contributed by atoms with Crippen LogP contribution in [0.15, 0.2) is 65.7 Å². The van der Waals surface area contributed by atoms with E-state index in [0.29, 0.717) is 34.4 Å². The second kappa shape index (κ2) is 11.7. The SMILES string of the molecule is COc1cc(C=Nc2cc(C(=O)O)ccc2Cl)ccc1OCc1ccc(C(=O)N2CCCCC2)cc1. The standard InChI is InChI=1S/C28H27ClN2O5/c1-35-26-15-20(17-30-24-16-22(28(33)34)10-11-23(24)29)7-12-25(26)36-18-19-5-8-21(9-6-19)27(32)31-13-3-2-4-14-31/h5-12,15-17H,2-4,13-14,18H2,1H3,(H,33,34). The molecular weight excluding hydrogens is 480 g/mol. The second-order valence-corrected chi connectivity index (χ2v) is 8.89. The molecular formula is C28H27ClN2O5. The minimum Gasteiger partial charge on any atom is -0.493 e. The Labute approximate surface area is 214 Å². The summed E-state index contributed by atoms with van der Waals surface area (Å²) in [6.07, 6.45) is 4.90. The highest BCUT2D eigenvalue weighted by atomic mass is 35.5. The van der Waals surface area contributed by atoms with Gasteiger partial charge in [-0.3, -0.25) is 9.79 Å². The van der Waals surface area contributed by atoms with Crippen molar-refractivity contribution in [2.75, 3.05) is 20.2 Å². The number of benzene rings is 3. The number of halogens is 1. The van der Waals surface area contributed by atoms with E-state index < -0.39 is 5.97 Å². The summed E-state index contributed by atoms with van der Waals surface area (Å²) in [5, 5.41) is 9.52. The van der Waals surface area contributed by atoms with E-state index in [1.807, 2.05) is 35.2 Å². The predicted octanol–water partition coefficient (Wildman–Crippen LogP) is 6.00. The highest BCUT2D eigenvalue weighted by Gasteiger charge is 2.18. The van der Waals surface area contributed by atoms with Crippen LogP contribution in [0.4, 0.5) is 5.69 Å². The highest BCUT2D eigenvalue weighted by molar-refractivity contribution is 6.33. The molecule has 0 saturated carbocycles. The molecule has 0 aliphatic carbocycles. The highest BCUT2D eigenvalue weighted by Crippen LogP contribution is 2.30. The number of rotatable bonds is 8. The fourth-order valence-electron chi connectivity index (χ4n) is 3.96. The summed E-state index contributed by atoms with van der Waals surface area (Å²) >= 11 is 6.14. The van der Waals surface area contributed by atoms with Crippen LogP contribution in [0.2, 0.25) is 5.02 Å². The van der Waals surface area contributed by atoms with Crippen molar-refractivity contribution in [2.24, 2.45) is 4.99 Å². The molecule has 0 radical (unpaired) electrons. The summed E-state index contributed by atoms with van der Waals surface area (Å²) in [7, 11) is 1.55. The Morgan fingerprint density at radius 1 is 0.972 bits per heavy atom. The summed E-state index contributed by atoms with van der Waals surface area (Å²) in [6.45, 7) is 1.97. The van der Waals surface area contributed by atoms with Crippen LogP contribution in [0.1, 0.15) is 51.1 Å². The number of methoxy groups -OCH3 is 1. The number of ether oxygens (including phenoxy) is 2. The summed E-state index contributed by atoms with van der Waals surface area (Å²) < 4.78 is 11.4. The average Bonchev–Trinajstić information content (AvgIpc) is 2.91. The fraction of sp³-hybridized carbons (Fsp3) is 0.250. The van der Waals surface area contributed by atoms with Crippen LogP contribution in [0.25, 0.3) is 0 Å². The molecule has 186 valence electrons. The van der Waals surface area contributed by atoms with Crippen LogP contribution in [-0.4, -0.2) is 48.3 Å². The molecule has 7 nitrogen and oxygen atoms in total. The zero-order chi connectivity index (χ0) is 25.5. The van der Waals surface area contributed by atoms with E-state index >= 15 is 0 Å². The molecule has 0 bridgehead atoms. The van der Waals surface area contributed by atoms with Gasteiger partial charge in [0.05, 0.1) is 23.4 Å². The maximum Gasteiger partial charge on any atom is 0.335 e. The van der Waals surface area contributed by atoms with Crippen molar-refractivity contribution >= 4 is 35.4 Å². The van der Waals surface area contributed by atoms with Crippen LogP contribution in [0.5, 0.6) is 11.5 Å². The number of hydrogen-bond acceptors (Lipinski definition) is 5. The summed E-state index contributed by atoms with van der Waals surface area (Å²) in [4.78, 5) is 30.1. The van der Waals surface area contributed by atoms with Gasteiger partial charge in [-0.2, -0.15) is 0 Å². The molecule has 0 aromatic heterocycles. The normalized spacial score (nSPS) is 13.6. The topological polar surface area (TPSA) is 88.4 Å². The number of nitrogens with zero attached hydrogens (tertiary/aromatic N) is 2. The molecule has 3 aromatic rings. The minimum absolute atomic E-state index is 0.0806. The van der Waals surface area contributed by atoms with Crippen molar-refractivity contribution in [3.05, 3.63) is 87.9 Å². The first-order chi connectivity index (χ1) is 17.4. The Bertz CT molecular complexity index is 1270. The minimum atomic E-state index is -1.05. The van der Waals surface area contributed by atoms with Gasteiger partial charge in [-0.05, 0) is 78.9 Å². The molecule has 1 saturated heterocycles. The lowest BCUT2D eigenvalue weighted by molar-refractivity contribution is 0.0694. The van der Waals surface area contributed by atoms with E-state index in [2.05, 4.69) is 4.99 Å². The molecule has 8 heteroatoms. The van der Waals surface area contributed by atoms with Crippen LogP contribution in [-0.2, 0) is 6.61 Å². The second-order valence-electron chi connectivity index (χ2n) is 8.48. The van der Waals surface area contributed by atoms with E-state index in [4.69, 9.17) is 26.2 Å². The number of carbonyl (C=O) groups excluding carboxylic acids is 1. The quantitative estimate of drug-likeness (QED) is 0.378. The number of aromatic carboxylic acids is 1. The maximum absolute atomic E-state index is 12.6. The van der Waals surface area contributed by atoms with Gasteiger partial charge in [0.15, 0.2) is 11.5 Å². The van der Waals surface area contributed by atoms with E-state index in [-0.39, 0.29) is 11.5 Å². The lowest BCUT2D eigenvalue weighted by Crippen LogP contribution is -2.35. The monoisotopic (exact) mass is 506 g/mol. The summed E-state index contributed by atoms with van der Waals surface area (Å²) in [5.74, 6) is 0.127. The first-order valence-electron chi connectivity index (χ1n) is 11.7. The zero-order valence-electron chi connectivity index (χ0n) is 19.9. The Kier molecular flexibility index (Phi) is 8.23. The Hall–Kier alpha value is -3.84. The molecule has 0 unspecified atom stereocenters. The van der Waals surface area contributed by atoms with E-state index in [0.717, 1.165) is 37.1 Å². The smallest absolute Gasteiger partial charge is 0.335 e. The van der Waals surface area contributed by atoms with Gasteiger partial charge in [0.2, 0.25) is 0 Å². The Balaban J connectivity index is 1.40. The zero-order valence-corrected chi connectivity index (χ0v) is 20.7. The van der Waals surface area contributed by atoms with Crippen molar-refractivity contribution in [1.29, 1.82) is 0 Å². The molecule has 0 atom stereocenters. The number of piperidine rings is 1. The van der Waals surface area contributed by atoms with Crippen LogP contribution in [0, 0.1) is 0 Å². The average molecular weight is 507 g/mol. The molecule has 0 spiro atoms. The number of aliphatic imine (C=N–C) groups is 1. The van der Waals surface area contributed by atoms with Gasteiger partial charge in [-0.1, -0.05) is 23.7 Å². The Morgan fingerprint density at radius 3 is 2.39 bits per heavy atom. The third-order valence-electron chi connectivity index (χ3n) is 5.97. The number of likely N-dealkylation sites (tertiary alicyclic amines) is 1. The van der Waals surface area contributed by atoms with Gasteiger partial charge in [0.25, 0.3) is 5.91 Å². The Morgan fingerprint density at radius 2 is 1.69 bits per heavy atom. The number of hydrogen-bond donors (Lipinski definition) is 1. The van der Waals surface area contributed by atoms with Crippen molar-refractivity contribution in [3.8, 4) is 11.5 Å². The van der Waals surface area contributed by atoms with Gasteiger partial charge >= 0.3 is 5.97 Å². The summed E-state index contributed by atoms with van der Waals surface area (Å²) in [5.41, 5.74) is 2.83. The molecule has 4 rings (SSSR count). The molecule has 1 amide bonds. The molecule has 1 aliphatic heterocycles. The summed E-state index contributed by atoms with van der Waals surface area (Å²) in [6, 6.07) is 17.2. The fourth-order valence-corrected chi connectivity index (χ4v) is 4.12. The van der Waals surface area contributed by atoms with Crippen molar-refractivity contribution < 1.29 is 24.2 Å². The van der Waals surface area contributed by atoms with Crippen molar-refractivity contribution in [1.82, 2.24) is 4.90 Å². The number of amides is 1. The number of carboxylic acid groups (broad SMARTS) is 1. The maximum atomic E-state index is 12.6. The number of carboxylic acids is 1. The van der Waals surface area contributed by atoms with Crippen molar-refractivity contribution in [2.45, 2.75) is 25.9 Å². The molecule has 1 N–H and O–H groups in total. The van der Waals surface area contributed by atoms with Crippen LogP contribution >= 0.6 is 11.6 Å². The van der Waals surface area contributed by atoms with Gasteiger partial charge in [-0.25, -0.2) is 4.79 Å². The first kappa shape index (κ1) is 25.3. The molecule has 36 heavy (non-hydrogen) atoms. The van der Waals surface area contributed by atoms with Crippen LogP contribution < -0.4 is 9.47 Å². The molecule has 1 fully saturated rings. The van der Waals surface area contributed by atoms with Gasteiger partial charge in [-0.15, -0.1) is 0 Å². The largest absolute Gasteiger partial charge is 0.493 e. The van der Waals surface area contributed by atoms with E-state index in [1.165, 1.54) is 24.6 Å². The first-order valence-corrected chi connectivity index (χ1v) is 12.1. The van der Waals surface area contributed by atoms with Crippen molar-refractivity contribution in [3.63, 3.8) is 0 Å². The van der Waals surface area contributed by atoms with Gasteiger partial charge in [0.1, 0.15) is 6.61 Å².